The summed E-state index contributed by atoms with van der Waals surface area (Å²) in [5.74, 6) is 1.99. The highest BCUT2D eigenvalue weighted by atomic mass is 16.7. The van der Waals surface area contributed by atoms with Gasteiger partial charge in [-0.25, -0.2) is 4.79 Å². The quantitative estimate of drug-likeness (QED) is 0.168. The lowest BCUT2D eigenvalue weighted by atomic mass is 9.67. The molecule has 2 saturated carbocycles. The third kappa shape index (κ3) is 7.28. The Hall–Kier alpha value is -2.96. The average Bonchev–Trinajstić information content (AvgIpc) is 2.88. The third-order valence-corrected chi connectivity index (χ3v) is 7.39. The summed E-state index contributed by atoms with van der Waals surface area (Å²) in [6, 6.07) is 12.1. The fourth-order valence-corrected chi connectivity index (χ4v) is 5.69. The topological polar surface area (TPSA) is 82.1 Å². The minimum absolute atomic E-state index is 0.0954. The molecule has 2 atom stereocenters. The fourth-order valence-electron chi connectivity index (χ4n) is 5.69. The summed E-state index contributed by atoms with van der Waals surface area (Å²) in [5.41, 5.74) is 2.67. The number of ether oxygens (including phenoxy) is 3. The monoisotopic (exact) mass is 492 g/mol. The first-order chi connectivity index (χ1) is 17.5. The van der Waals surface area contributed by atoms with Crippen LogP contribution >= 0.6 is 0 Å². The molecular weight excluding hydrogens is 456 g/mol. The van der Waals surface area contributed by atoms with Crippen molar-refractivity contribution in [3.05, 3.63) is 70.8 Å². The molecule has 0 spiro atoms. The second-order valence-corrected chi connectivity index (χ2v) is 10.1. The van der Waals surface area contributed by atoms with Gasteiger partial charge in [-0.1, -0.05) is 37.5 Å². The molecule has 0 saturated heterocycles. The van der Waals surface area contributed by atoms with Crippen molar-refractivity contribution in [1.29, 1.82) is 0 Å². The summed E-state index contributed by atoms with van der Waals surface area (Å²) < 4.78 is 16.5. The van der Waals surface area contributed by atoms with Crippen LogP contribution < -0.4 is 4.74 Å². The first-order valence-electron chi connectivity index (χ1n) is 12.9. The molecule has 192 valence electrons. The Balaban J connectivity index is 1.47. The second kappa shape index (κ2) is 12.8. The number of hydrogen-bond acceptors (Lipinski definition) is 5. The number of hydrogen-bond donors (Lipinski definition) is 1. The van der Waals surface area contributed by atoms with Gasteiger partial charge in [0.1, 0.15) is 5.75 Å². The van der Waals surface area contributed by atoms with E-state index in [1.54, 1.807) is 31.4 Å². The normalized spacial score (nSPS) is 21.4. The van der Waals surface area contributed by atoms with E-state index >= 15 is 0 Å². The van der Waals surface area contributed by atoms with Gasteiger partial charge < -0.3 is 19.3 Å². The van der Waals surface area contributed by atoms with Gasteiger partial charge in [-0.15, -0.1) is 0 Å². The number of aromatic carboxylic acids is 1. The molecule has 2 unspecified atom stereocenters. The van der Waals surface area contributed by atoms with E-state index in [1.807, 2.05) is 12.1 Å². The second-order valence-electron chi connectivity index (χ2n) is 10.1. The highest BCUT2D eigenvalue weighted by Gasteiger charge is 2.32. The fraction of sp³-hybridized carbons (Fsp3) is 0.467. The van der Waals surface area contributed by atoms with Crippen LogP contribution in [0.3, 0.4) is 0 Å². The smallest absolute Gasteiger partial charge is 0.335 e. The van der Waals surface area contributed by atoms with Crippen LogP contribution in [-0.4, -0.2) is 44.0 Å². The van der Waals surface area contributed by atoms with Crippen molar-refractivity contribution in [1.82, 2.24) is 0 Å². The minimum Gasteiger partial charge on any atom is -0.478 e. The average molecular weight is 493 g/mol. The van der Waals surface area contributed by atoms with Crippen LogP contribution in [0.2, 0.25) is 0 Å². The highest BCUT2D eigenvalue weighted by Crippen LogP contribution is 2.44. The number of rotatable bonds is 12. The van der Waals surface area contributed by atoms with E-state index in [-0.39, 0.29) is 18.1 Å². The van der Waals surface area contributed by atoms with Crippen molar-refractivity contribution in [3.63, 3.8) is 0 Å². The molecule has 0 aliphatic heterocycles. The molecule has 6 heteroatoms. The summed E-state index contributed by atoms with van der Waals surface area (Å²) in [4.78, 5) is 24.0. The zero-order valence-corrected chi connectivity index (χ0v) is 21.0. The Bertz CT molecular complexity index is 1050. The molecule has 0 radical (unpaired) electrons. The van der Waals surface area contributed by atoms with Gasteiger partial charge in [0.2, 0.25) is 0 Å². The van der Waals surface area contributed by atoms with Gasteiger partial charge in [0.15, 0.2) is 12.6 Å². The van der Waals surface area contributed by atoms with Gasteiger partial charge in [0.25, 0.3) is 0 Å². The van der Waals surface area contributed by atoms with E-state index in [1.165, 1.54) is 56.7 Å². The van der Waals surface area contributed by atoms with Crippen molar-refractivity contribution in [2.45, 2.75) is 44.9 Å². The van der Waals surface area contributed by atoms with Gasteiger partial charge >= 0.3 is 5.97 Å². The summed E-state index contributed by atoms with van der Waals surface area (Å²) in [6.07, 6.45) is 12.1. The maximum Gasteiger partial charge on any atom is 0.335 e. The van der Waals surface area contributed by atoms with E-state index in [2.05, 4.69) is 0 Å². The van der Waals surface area contributed by atoms with E-state index in [0.29, 0.717) is 24.7 Å². The molecule has 0 aromatic heterocycles. The molecule has 2 fully saturated rings. The van der Waals surface area contributed by atoms with Crippen molar-refractivity contribution < 1.29 is 28.9 Å². The predicted octanol–water partition coefficient (Wildman–Crippen LogP) is 6.04. The van der Waals surface area contributed by atoms with Gasteiger partial charge in [-0.2, -0.15) is 0 Å². The maximum absolute atomic E-state index is 13.0. The van der Waals surface area contributed by atoms with Crippen LogP contribution in [0.1, 0.15) is 70.4 Å². The van der Waals surface area contributed by atoms with E-state index in [4.69, 9.17) is 19.3 Å². The molecule has 2 aliphatic carbocycles. The summed E-state index contributed by atoms with van der Waals surface area (Å²) in [5, 5.41) is 9.05. The van der Waals surface area contributed by atoms with Gasteiger partial charge in [-0.3, -0.25) is 4.79 Å². The van der Waals surface area contributed by atoms with Gasteiger partial charge in [0.05, 0.1) is 18.8 Å². The van der Waals surface area contributed by atoms with E-state index in [0.717, 1.165) is 35.1 Å². The highest BCUT2D eigenvalue weighted by molar-refractivity contribution is 6.07. The number of methoxy groups -OCH3 is 1. The molecule has 1 N–H and O–H groups in total. The Morgan fingerprint density at radius 2 is 1.69 bits per heavy atom. The molecule has 36 heavy (non-hydrogen) atoms. The Kier molecular flexibility index (Phi) is 9.31. The van der Waals surface area contributed by atoms with Gasteiger partial charge in [0, 0.05) is 12.7 Å². The number of allylic oxidation sites excluding steroid dienone is 1. The van der Waals surface area contributed by atoms with Crippen molar-refractivity contribution in [2.75, 3.05) is 27.1 Å². The van der Waals surface area contributed by atoms with E-state index < -0.39 is 5.97 Å². The molecule has 2 aromatic rings. The largest absolute Gasteiger partial charge is 0.478 e. The lowest BCUT2D eigenvalue weighted by Crippen LogP contribution is -2.28. The van der Waals surface area contributed by atoms with Gasteiger partial charge in [-0.05, 0) is 91.0 Å². The van der Waals surface area contributed by atoms with E-state index in [9.17, 15) is 9.59 Å². The summed E-state index contributed by atoms with van der Waals surface area (Å²) >= 11 is 0. The summed E-state index contributed by atoms with van der Waals surface area (Å²) in [7, 11) is 1.64. The molecule has 2 aliphatic rings. The molecule has 0 amide bonds. The standard InChI is InChI=1S/C30H36O6/c1-34-13-14-35-20-36-29-12-10-26(28(31)11-7-21-5-8-25(9-6-21)30(32)33)19-27(29)18-24-16-22-3-2-4-23(15-22)17-24/h5-12,19,22-24H,2-4,13-18,20H2,1H3,(H,32,33). The molecule has 4 rings (SSSR count). The third-order valence-electron chi connectivity index (χ3n) is 7.39. The van der Waals surface area contributed by atoms with Crippen LogP contribution in [0.4, 0.5) is 0 Å². The van der Waals surface area contributed by atoms with Crippen LogP contribution in [0.25, 0.3) is 6.08 Å². The van der Waals surface area contributed by atoms with Crippen molar-refractivity contribution in [3.8, 4) is 5.75 Å². The van der Waals surface area contributed by atoms with Crippen LogP contribution in [0.5, 0.6) is 5.75 Å². The number of carboxylic acids is 1. The Morgan fingerprint density at radius 1 is 0.972 bits per heavy atom. The Labute approximate surface area is 213 Å². The number of benzene rings is 2. The first kappa shape index (κ1) is 26.1. The zero-order valence-electron chi connectivity index (χ0n) is 21.0. The predicted molar refractivity (Wildman–Crippen MR) is 138 cm³/mol. The number of carboxylic acid groups (broad SMARTS) is 1. The SMILES string of the molecule is COCCOCOc1ccc(C(=O)C=Cc2ccc(C(=O)O)cc2)cc1CC1CC2CCCC(C2)C1. The molecule has 2 bridgehead atoms. The zero-order chi connectivity index (χ0) is 25.3. The number of carbonyl (C=O) groups excluding carboxylic acids is 1. The van der Waals surface area contributed by atoms with Crippen LogP contribution in [0, 0.1) is 17.8 Å². The van der Waals surface area contributed by atoms with Crippen molar-refractivity contribution in [2.24, 2.45) is 17.8 Å². The lowest BCUT2D eigenvalue weighted by molar-refractivity contribution is -0.00903. The minimum atomic E-state index is -0.970. The molecule has 6 nitrogen and oxygen atoms in total. The number of ketones is 1. The maximum atomic E-state index is 13.0. The number of carbonyl (C=O) groups is 2. The molecule has 2 aromatic carbocycles. The summed E-state index contributed by atoms with van der Waals surface area (Å²) in [6.45, 7) is 1.12. The molecular formula is C30H36O6. The van der Waals surface area contributed by atoms with Crippen LogP contribution in [-0.2, 0) is 15.9 Å². The lowest BCUT2D eigenvalue weighted by Gasteiger charge is -2.39. The Morgan fingerprint density at radius 3 is 2.39 bits per heavy atom. The van der Waals surface area contributed by atoms with Crippen LogP contribution in [0.15, 0.2) is 48.5 Å². The van der Waals surface area contributed by atoms with Crippen molar-refractivity contribution >= 4 is 17.8 Å². The molecule has 0 heterocycles. The number of fused-ring (bicyclic) bond motifs is 2. The first-order valence-corrected chi connectivity index (χ1v) is 12.9.